The number of hydrogen-bond acceptors (Lipinski definition) is 4. The van der Waals surface area contributed by atoms with Gasteiger partial charge in [-0.05, 0) is 99.0 Å². The van der Waals surface area contributed by atoms with Crippen LogP contribution in [0.5, 0.6) is 0 Å². The van der Waals surface area contributed by atoms with Crippen molar-refractivity contribution in [3.05, 3.63) is 35.9 Å². The summed E-state index contributed by atoms with van der Waals surface area (Å²) in [5.41, 5.74) is 1.12. The summed E-state index contributed by atoms with van der Waals surface area (Å²) in [4.78, 5) is 24.3. The lowest BCUT2D eigenvalue weighted by Gasteiger charge is -2.60. The van der Waals surface area contributed by atoms with Crippen LogP contribution < -0.4 is 0 Å². The van der Waals surface area contributed by atoms with E-state index in [1.165, 1.54) is 39.0 Å². The molecular weight excluding hydrogens is 400 g/mol. The monoisotopic (exact) mass is 438 g/mol. The predicted molar refractivity (Wildman–Crippen MR) is 123 cm³/mol. The Kier molecular flexibility index (Phi) is 5.62. The molecule has 174 valence electrons. The predicted octanol–water partition coefficient (Wildman–Crippen LogP) is 6.19. The second-order valence-electron chi connectivity index (χ2n) is 11.5. The Hall–Kier alpha value is -1.84. The number of ether oxygens (including phenoxy) is 2. The molecule has 8 atom stereocenters. The Morgan fingerprint density at radius 2 is 1.56 bits per heavy atom. The molecule has 0 N–H and O–H groups in total. The largest absolute Gasteiger partial charge is 0.463 e. The van der Waals surface area contributed by atoms with Crippen LogP contribution in [0.15, 0.2) is 30.3 Å². The van der Waals surface area contributed by atoms with Gasteiger partial charge in [0.1, 0.15) is 12.2 Å². The van der Waals surface area contributed by atoms with Crippen LogP contribution in [0, 0.1) is 34.5 Å². The molecule has 4 nitrogen and oxygen atoms in total. The fraction of sp³-hybridized carbons (Fsp3) is 0.714. The van der Waals surface area contributed by atoms with E-state index >= 15 is 0 Å². The van der Waals surface area contributed by atoms with Crippen molar-refractivity contribution in [2.45, 2.75) is 90.8 Å². The molecule has 0 aromatic heterocycles. The summed E-state index contributed by atoms with van der Waals surface area (Å²) in [5.74, 6) is 2.50. The van der Waals surface area contributed by atoms with E-state index < -0.39 is 0 Å². The number of carbonyl (C=O) groups is 2. The van der Waals surface area contributed by atoms with Crippen LogP contribution in [0.4, 0.5) is 0 Å². The molecule has 4 fully saturated rings. The molecular formula is C28H38O4. The van der Waals surface area contributed by atoms with Crippen molar-refractivity contribution in [2.75, 3.05) is 0 Å². The lowest BCUT2D eigenvalue weighted by Crippen LogP contribution is -2.54. The lowest BCUT2D eigenvalue weighted by molar-refractivity contribution is -0.161. The van der Waals surface area contributed by atoms with Gasteiger partial charge in [0.05, 0.1) is 5.56 Å². The minimum absolute atomic E-state index is 0.0337. The molecule has 5 rings (SSSR count). The molecule has 0 aliphatic heterocycles. The topological polar surface area (TPSA) is 52.6 Å². The Morgan fingerprint density at radius 3 is 2.31 bits per heavy atom. The maximum absolute atomic E-state index is 12.8. The quantitative estimate of drug-likeness (QED) is 0.528. The minimum Gasteiger partial charge on any atom is -0.463 e. The lowest BCUT2D eigenvalue weighted by atomic mass is 9.45. The first-order valence-corrected chi connectivity index (χ1v) is 12.7. The highest BCUT2D eigenvalue weighted by molar-refractivity contribution is 5.89. The van der Waals surface area contributed by atoms with E-state index in [1.54, 1.807) is 0 Å². The Bertz CT molecular complexity index is 865. The van der Waals surface area contributed by atoms with Crippen molar-refractivity contribution in [3.8, 4) is 0 Å². The van der Waals surface area contributed by atoms with Crippen LogP contribution in [0.1, 0.15) is 88.9 Å². The molecule has 0 saturated heterocycles. The second kappa shape index (κ2) is 8.18. The van der Waals surface area contributed by atoms with E-state index in [0.29, 0.717) is 22.8 Å². The van der Waals surface area contributed by atoms with E-state index in [4.69, 9.17) is 9.47 Å². The molecule has 0 unspecified atom stereocenters. The highest BCUT2D eigenvalue weighted by Crippen LogP contribution is 2.66. The molecule has 4 aliphatic rings. The highest BCUT2D eigenvalue weighted by Gasteiger charge is 2.61. The van der Waals surface area contributed by atoms with Gasteiger partial charge in [0, 0.05) is 12.3 Å². The van der Waals surface area contributed by atoms with Crippen LogP contribution in [-0.4, -0.2) is 24.1 Å². The van der Waals surface area contributed by atoms with Crippen molar-refractivity contribution in [3.63, 3.8) is 0 Å². The third-order valence-electron chi connectivity index (χ3n) is 10.1. The standard InChI is InChI=1S/C28H38O4/c1-18(29)31-21-13-15-27(2)20(17-21)9-10-22-23-11-12-25(28(23,3)16-14-24(22)27)32-26(30)19-7-5-4-6-8-19/h4-8,20-25H,9-17H2,1-3H3/t20-,21-,22+,23+,24+,25+,27-,28+/m0/s1. The van der Waals surface area contributed by atoms with Crippen molar-refractivity contribution >= 4 is 11.9 Å². The molecule has 0 spiro atoms. The first-order chi connectivity index (χ1) is 15.3. The number of rotatable bonds is 3. The fourth-order valence-electron chi connectivity index (χ4n) is 8.48. The van der Waals surface area contributed by atoms with Gasteiger partial charge in [0.25, 0.3) is 0 Å². The first kappa shape index (κ1) is 22.0. The van der Waals surface area contributed by atoms with Gasteiger partial charge in [-0.1, -0.05) is 32.0 Å². The average molecular weight is 439 g/mol. The van der Waals surface area contributed by atoms with Gasteiger partial charge in [0.15, 0.2) is 0 Å². The van der Waals surface area contributed by atoms with Gasteiger partial charge in [-0.25, -0.2) is 4.79 Å². The second-order valence-corrected chi connectivity index (χ2v) is 11.5. The van der Waals surface area contributed by atoms with Crippen LogP contribution in [0.25, 0.3) is 0 Å². The third kappa shape index (κ3) is 3.58. The van der Waals surface area contributed by atoms with E-state index in [1.807, 2.05) is 30.3 Å². The smallest absolute Gasteiger partial charge is 0.338 e. The summed E-state index contributed by atoms with van der Waals surface area (Å²) in [6.07, 6.45) is 10.5. The van der Waals surface area contributed by atoms with Gasteiger partial charge in [-0.15, -0.1) is 0 Å². The number of benzene rings is 1. The minimum atomic E-state index is -0.168. The van der Waals surface area contributed by atoms with Crippen LogP contribution in [0.2, 0.25) is 0 Å². The molecule has 32 heavy (non-hydrogen) atoms. The molecule has 0 bridgehead atoms. The fourth-order valence-corrected chi connectivity index (χ4v) is 8.48. The Morgan fingerprint density at radius 1 is 0.844 bits per heavy atom. The zero-order valence-corrected chi connectivity index (χ0v) is 19.8. The zero-order valence-electron chi connectivity index (χ0n) is 19.8. The number of carbonyl (C=O) groups excluding carboxylic acids is 2. The first-order valence-electron chi connectivity index (χ1n) is 12.7. The Labute approximate surface area is 192 Å². The van der Waals surface area contributed by atoms with Crippen molar-refractivity contribution in [1.82, 2.24) is 0 Å². The van der Waals surface area contributed by atoms with Gasteiger partial charge < -0.3 is 9.47 Å². The van der Waals surface area contributed by atoms with Gasteiger partial charge in [-0.3, -0.25) is 4.79 Å². The van der Waals surface area contributed by atoms with E-state index in [0.717, 1.165) is 37.5 Å². The molecule has 4 saturated carbocycles. The van der Waals surface area contributed by atoms with Gasteiger partial charge in [0.2, 0.25) is 0 Å². The van der Waals surface area contributed by atoms with Gasteiger partial charge >= 0.3 is 11.9 Å². The summed E-state index contributed by atoms with van der Waals surface area (Å²) in [7, 11) is 0. The maximum Gasteiger partial charge on any atom is 0.338 e. The highest BCUT2D eigenvalue weighted by atomic mass is 16.5. The summed E-state index contributed by atoms with van der Waals surface area (Å²) < 4.78 is 11.8. The SMILES string of the molecule is CC(=O)O[C@H]1CC[C@@]2(C)[C@@H](CC[C@H]3[C@H]2CC[C@]2(C)[C@@H]3CC[C@H]2OC(=O)c2ccccc2)C1. The van der Waals surface area contributed by atoms with E-state index in [9.17, 15) is 9.59 Å². The molecule has 1 aromatic rings. The van der Waals surface area contributed by atoms with Crippen molar-refractivity contribution in [2.24, 2.45) is 34.5 Å². The molecule has 0 amide bonds. The maximum atomic E-state index is 12.8. The summed E-state index contributed by atoms with van der Waals surface area (Å²) in [6.45, 7) is 6.46. The van der Waals surface area contributed by atoms with Crippen molar-refractivity contribution < 1.29 is 19.1 Å². The zero-order chi connectivity index (χ0) is 22.5. The third-order valence-corrected chi connectivity index (χ3v) is 10.1. The van der Waals surface area contributed by atoms with E-state index in [-0.39, 0.29) is 29.6 Å². The summed E-state index contributed by atoms with van der Waals surface area (Å²) >= 11 is 0. The van der Waals surface area contributed by atoms with Crippen LogP contribution in [-0.2, 0) is 14.3 Å². The van der Waals surface area contributed by atoms with Crippen molar-refractivity contribution in [1.29, 1.82) is 0 Å². The summed E-state index contributed by atoms with van der Waals surface area (Å²) in [5, 5.41) is 0. The Balaban J connectivity index is 1.30. The summed E-state index contributed by atoms with van der Waals surface area (Å²) in [6, 6.07) is 9.43. The molecule has 1 aromatic carbocycles. The van der Waals surface area contributed by atoms with Gasteiger partial charge in [-0.2, -0.15) is 0 Å². The van der Waals surface area contributed by atoms with E-state index in [2.05, 4.69) is 13.8 Å². The normalized spacial score (nSPS) is 42.8. The average Bonchev–Trinajstić information content (AvgIpc) is 3.10. The number of hydrogen-bond donors (Lipinski definition) is 0. The number of fused-ring (bicyclic) bond motifs is 5. The van der Waals surface area contributed by atoms with Crippen LogP contribution >= 0.6 is 0 Å². The molecule has 0 heterocycles. The number of esters is 2. The van der Waals surface area contributed by atoms with Crippen LogP contribution in [0.3, 0.4) is 0 Å². The molecule has 4 heteroatoms. The molecule has 4 aliphatic carbocycles. The molecule has 0 radical (unpaired) electrons.